The van der Waals surface area contributed by atoms with Crippen LogP contribution in [0.25, 0.3) is 6.08 Å². The zero-order valence-electron chi connectivity index (χ0n) is 13.3. The van der Waals surface area contributed by atoms with Gasteiger partial charge in [0, 0.05) is 12.1 Å². The minimum atomic E-state index is -0.202. The monoisotopic (exact) mass is 322 g/mol. The van der Waals surface area contributed by atoms with E-state index < -0.39 is 0 Å². The van der Waals surface area contributed by atoms with Gasteiger partial charge in [-0.05, 0) is 30.7 Å². The first-order chi connectivity index (χ1) is 11.6. The maximum Gasteiger partial charge on any atom is 0.262 e. The fourth-order valence-corrected chi connectivity index (χ4v) is 2.35. The van der Waals surface area contributed by atoms with Crippen molar-refractivity contribution < 1.29 is 14.3 Å². The Bertz CT molecular complexity index is 795. The number of ether oxygens (including phenoxy) is 1. The van der Waals surface area contributed by atoms with Crippen LogP contribution in [0, 0.1) is 6.92 Å². The number of rotatable bonds is 4. The molecule has 0 atom stereocenters. The summed E-state index contributed by atoms with van der Waals surface area (Å²) in [6.07, 6.45) is 4.01. The second-order valence-corrected chi connectivity index (χ2v) is 5.61. The summed E-state index contributed by atoms with van der Waals surface area (Å²) in [6.45, 7) is 2.05. The molecule has 0 saturated heterocycles. The zero-order chi connectivity index (χ0) is 16.9. The van der Waals surface area contributed by atoms with Crippen molar-refractivity contribution in [3.8, 4) is 5.75 Å². The maximum atomic E-state index is 12.0. The third-order valence-corrected chi connectivity index (χ3v) is 3.59. The number of benzene rings is 2. The summed E-state index contributed by atoms with van der Waals surface area (Å²) < 4.78 is 5.28. The van der Waals surface area contributed by atoms with E-state index in [0.717, 1.165) is 5.56 Å². The third-order valence-electron chi connectivity index (χ3n) is 3.59. The number of aryl methyl sites for hydroxylation is 1. The molecule has 0 saturated carbocycles. The Morgan fingerprint density at radius 1 is 1.25 bits per heavy atom. The molecule has 122 valence electrons. The molecule has 2 N–H and O–H groups in total. The molecule has 0 bridgehead atoms. The number of amides is 2. The molecule has 0 spiro atoms. The molecule has 0 fully saturated rings. The summed E-state index contributed by atoms with van der Waals surface area (Å²) in [5.41, 5.74) is 3.45. The van der Waals surface area contributed by atoms with Gasteiger partial charge < -0.3 is 15.4 Å². The minimum absolute atomic E-state index is 0.0164. The van der Waals surface area contributed by atoms with Crippen LogP contribution in [-0.2, 0) is 9.59 Å². The van der Waals surface area contributed by atoms with Gasteiger partial charge in [-0.2, -0.15) is 0 Å². The fourth-order valence-electron chi connectivity index (χ4n) is 2.35. The molecule has 3 rings (SSSR count). The van der Waals surface area contributed by atoms with Crippen LogP contribution in [0.4, 0.5) is 11.4 Å². The van der Waals surface area contributed by atoms with E-state index in [1.165, 1.54) is 5.56 Å². The van der Waals surface area contributed by atoms with Crippen LogP contribution in [0.3, 0.4) is 0 Å². The molecule has 5 nitrogen and oxygen atoms in total. The molecule has 0 unspecified atom stereocenters. The molecule has 2 aromatic rings. The van der Waals surface area contributed by atoms with E-state index in [-0.39, 0.29) is 24.8 Å². The molecule has 2 amide bonds. The molecular formula is C19H18N2O3. The summed E-state index contributed by atoms with van der Waals surface area (Å²) in [5, 5.41) is 5.52. The Hall–Kier alpha value is -3.08. The number of carbonyl (C=O) groups excluding carboxylic acids is 2. The molecule has 0 radical (unpaired) electrons. The van der Waals surface area contributed by atoms with E-state index in [1.54, 1.807) is 18.2 Å². The quantitative estimate of drug-likeness (QED) is 0.907. The topological polar surface area (TPSA) is 67.4 Å². The summed E-state index contributed by atoms with van der Waals surface area (Å²) in [6, 6.07) is 13.2. The first-order valence-corrected chi connectivity index (χ1v) is 7.70. The molecule has 0 aromatic heterocycles. The average molecular weight is 322 g/mol. The van der Waals surface area contributed by atoms with Crippen molar-refractivity contribution in [3.63, 3.8) is 0 Å². The van der Waals surface area contributed by atoms with E-state index in [9.17, 15) is 9.59 Å². The number of carbonyl (C=O) groups is 2. The molecule has 1 heterocycles. The van der Waals surface area contributed by atoms with Crippen molar-refractivity contribution in [1.29, 1.82) is 0 Å². The van der Waals surface area contributed by atoms with Crippen molar-refractivity contribution in [2.75, 3.05) is 17.2 Å². The van der Waals surface area contributed by atoms with Crippen molar-refractivity contribution in [3.05, 3.63) is 59.7 Å². The first-order valence-electron chi connectivity index (χ1n) is 7.70. The van der Waals surface area contributed by atoms with Gasteiger partial charge in [-0.15, -0.1) is 0 Å². The summed E-state index contributed by atoms with van der Waals surface area (Å²) in [5.74, 6) is 0.278. The number of anilines is 2. The van der Waals surface area contributed by atoms with E-state index in [2.05, 4.69) is 10.6 Å². The van der Waals surface area contributed by atoms with Crippen LogP contribution >= 0.6 is 0 Å². The summed E-state index contributed by atoms with van der Waals surface area (Å²) in [4.78, 5) is 23.3. The predicted octanol–water partition coefficient (Wildman–Crippen LogP) is 3.37. The standard InChI is InChI=1S/C19H18N2O3/c1-13-5-7-14(8-6-13)3-2-4-18(22)20-15-9-10-17-16(11-15)21-19(23)12-24-17/h2-3,5-11H,4,12H2,1H3,(H,20,22)(H,21,23)/b3-2+. The lowest BCUT2D eigenvalue weighted by molar-refractivity contribution is -0.118. The largest absolute Gasteiger partial charge is 0.482 e. The van der Waals surface area contributed by atoms with Crippen LogP contribution in [0.5, 0.6) is 5.75 Å². The van der Waals surface area contributed by atoms with Gasteiger partial charge in [0.05, 0.1) is 5.69 Å². The van der Waals surface area contributed by atoms with Gasteiger partial charge in [0.15, 0.2) is 6.61 Å². The van der Waals surface area contributed by atoms with Gasteiger partial charge in [0.1, 0.15) is 5.75 Å². The molecular weight excluding hydrogens is 304 g/mol. The lowest BCUT2D eigenvalue weighted by atomic mass is 10.1. The van der Waals surface area contributed by atoms with Crippen molar-refractivity contribution in [2.45, 2.75) is 13.3 Å². The Labute approximate surface area is 140 Å². The van der Waals surface area contributed by atoms with Crippen molar-refractivity contribution in [2.24, 2.45) is 0 Å². The van der Waals surface area contributed by atoms with Crippen LogP contribution < -0.4 is 15.4 Å². The highest BCUT2D eigenvalue weighted by Crippen LogP contribution is 2.30. The van der Waals surface area contributed by atoms with Gasteiger partial charge in [-0.25, -0.2) is 0 Å². The molecule has 1 aliphatic rings. The van der Waals surface area contributed by atoms with Crippen LogP contribution in [0.15, 0.2) is 48.5 Å². The smallest absolute Gasteiger partial charge is 0.262 e. The highest BCUT2D eigenvalue weighted by atomic mass is 16.5. The Morgan fingerprint density at radius 2 is 2.04 bits per heavy atom. The Balaban J connectivity index is 1.58. The van der Waals surface area contributed by atoms with Crippen LogP contribution in [0.2, 0.25) is 0 Å². The van der Waals surface area contributed by atoms with E-state index in [1.807, 2.05) is 43.3 Å². The van der Waals surface area contributed by atoms with Gasteiger partial charge in [0.2, 0.25) is 5.91 Å². The van der Waals surface area contributed by atoms with Gasteiger partial charge in [-0.3, -0.25) is 9.59 Å². The zero-order valence-corrected chi connectivity index (χ0v) is 13.3. The molecule has 2 aromatic carbocycles. The first kappa shape index (κ1) is 15.8. The molecule has 5 heteroatoms. The third kappa shape index (κ3) is 4.01. The second kappa shape index (κ2) is 7.00. The average Bonchev–Trinajstić information content (AvgIpc) is 2.56. The van der Waals surface area contributed by atoms with Gasteiger partial charge in [-0.1, -0.05) is 42.0 Å². The number of fused-ring (bicyclic) bond motifs is 1. The van der Waals surface area contributed by atoms with Gasteiger partial charge in [0.25, 0.3) is 5.91 Å². The predicted molar refractivity (Wildman–Crippen MR) is 94.0 cm³/mol. The fraction of sp³-hybridized carbons (Fsp3) is 0.158. The highest BCUT2D eigenvalue weighted by molar-refractivity contribution is 5.97. The molecule has 24 heavy (non-hydrogen) atoms. The molecule has 0 aliphatic carbocycles. The van der Waals surface area contributed by atoms with E-state index >= 15 is 0 Å². The van der Waals surface area contributed by atoms with Crippen molar-refractivity contribution >= 4 is 29.3 Å². The lowest BCUT2D eigenvalue weighted by Gasteiger charge is -2.18. The number of hydrogen-bond donors (Lipinski definition) is 2. The SMILES string of the molecule is Cc1ccc(/C=C/CC(=O)Nc2ccc3c(c2)NC(=O)CO3)cc1. The Kier molecular flexibility index (Phi) is 4.61. The van der Waals surface area contributed by atoms with E-state index in [4.69, 9.17) is 4.74 Å². The Morgan fingerprint density at radius 3 is 2.83 bits per heavy atom. The maximum absolute atomic E-state index is 12.0. The second-order valence-electron chi connectivity index (χ2n) is 5.61. The number of nitrogens with one attached hydrogen (secondary N) is 2. The van der Waals surface area contributed by atoms with Crippen LogP contribution in [0.1, 0.15) is 17.5 Å². The summed E-state index contributed by atoms with van der Waals surface area (Å²) in [7, 11) is 0. The normalized spacial score (nSPS) is 13.1. The van der Waals surface area contributed by atoms with E-state index in [0.29, 0.717) is 17.1 Å². The molecule has 1 aliphatic heterocycles. The van der Waals surface area contributed by atoms with Crippen LogP contribution in [-0.4, -0.2) is 18.4 Å². The van der Waals surface area contributed by atoms with Crippen molar-refractivity contribution in [1.82, 2.24) is 0 Å². The number of hydrogen-bond acceptors (Lipinski definition) is 3. The van der Waals surface area contributed by atoms with Gasteiger partial charge >= 0.3 is 0 Å². The minimum Gasteiger partial charge on any atom is -0.482 e. The summed E-state index contributed by atoms with van der Waals surface area (Å²) >= 11 is 0. The lowest BCUT2D eigenvalue weighted by Crippen LogP contribution is -2.25. The highest BCUT2D eigenvalue weighted by Gasteiger charge is 2.16.